The fraction of sp³-hybridized carbons (Fsp3) is 0.208. The number of amides is 1. The molecule has 0 bridgehead atoms. The topological polar surface area (TPSA) is 113 Å². The standard InChI is InChI=1S/C24H26ClN3O5S2/c1-17-7-10-21(11-8-17)35(32,33)28(15-19-5-4-6-20(25)13-19)16-24(29)27-23-14-22(12-9-18(23)2)34(30,31)26-3/h4-14,26H,15-16H2,1-3H3,(H,27,29). The van der Waals surface area contributed by atoms with Crippen LogP contribution in [-0.2, 0) is 31.4 Å². The van der Waals surface area contributed by atoms with Crippen molar-refractivity contribution in [2.24, 2.45) is 0 Å². The average Bonchev–Trinajstić information content (AvgIpc) is 2.80. The molecule has 0 unspecified atom stereocenters. The minimum atomic E-state index is -4.04. The lowest BCUT2D eigenvalue weighted by Crippen LogP contribution is -2.37. The molecule has 0 fully saturated rings. The molecular formula is C24H26ClN3O5S2. The first kappa shape index (κ1) is 26.8. The van der Waals surface area contributed by atoms with Gasteiger partial charge in [-0.3, -0.25) is 4.79 Å². The molecule has 3 aromatic rings. The lowest BCUT2D eigenvalue weighted by atomic mass is 10.2. The predicted molar refractivity (Wildman–Crippen MR) is 136 cm³/mol. The fourth-order valence-corrected chi connectivity index (χ4v) is 5.65. The van der Waals surface area contributed by atoms with E-state index in [2.05, 4.69) is 10.0 Å². The number of benzene rings is 3. The third-order valence-electron chi connectivity index (χ3n) is 5.29. The summed E-state index contributed by atoms with van der Waals surface area (Å²) in [4.78, 5) is 13.0. The van der Waals surface area contributed by atoms with Gasteiger partial charge >= 0.3 is 0 Å². The zero-order valence-electron chi connectivity index (χ0n) is 19.4. The van der Waals surface area contributed by atoms with E-state index in [0.717, 1.165) is 9.87 Å². The minimum absolute atomic E-state index is 0.0241. The summed E-state index contributed by atoms with van der Waals surface area (Å²) in [5.41, 5.74) is 2.40. The van der Waals surface area contributed by atoms with Crippen molar-refractivity contribution < 1.29 is 21.6 Å². The second kappa shape index (κ2) is 10.9. The number of carbonyl (C=O) groups is 1. The van der Waals surface area contributed by atoms with Crippen LogP contribution in [0.5, 0.6) is 0 Å². The molecule has 3 aromatic carbocycles. The predicted octanol–water partition coefficient (Wildman–Crippen LogP) is 3.69. The van der Waals surface area contributed by atoms with Crippen LogP contribution < -0.4 is 10.0 Å². The monoisotopic (exact) mass is 535 g/mol. The van der Waals surface area contributed by atoms with Crippen LogP contribution in [0.25, 0.3) is 0 Å². The molecule has 186 valence electrons. The summed E-state index contributed by atoms with van der Waals surface area (Å²) in [6.45, 7) is 2.97. The smallest absolute Gasteiger partial charge is 0.243 e. The number of nitrogens with one attached hydrogen (secondary N) is 2. The summed E-state index contributed by atoms with van der Waals surface area (Å²) in [5.74, 6) is -0.621. The van der Waals surface area contributed by atoms with E-state index in [1.54, 1.807) is 49.4 Å². The van der Waals surface area contributed by atoms with Gasteiger partial charge in [-0.2, -0.15) is 4.31 Å². The summed E-state index contributed by atoms with van der Waals surface area (Å²) in [6, 6.07) is 17.4. The maximum Gasteiger partial charge on any atom is 0.243 e. The van der Waals surface area contributed by atoms with Gasteiger partial charge in [0.2, 0.25) is 26.0 Å². The Hall–Kier alpha value is -2.76. The molecule has 2 N–H and O–H groups in total. The highest BCUT2D eigenvalue weighted by Crippen LogP contribution is 2.23. The van der Waals surface area contributed by atoms with Crippen molar-refractivity contribution in [1.29, 1.82) is 0 Å². The zero-order chi connectivity index (χ0) is 25.8. The third kappa shape index (κ3) is 6.68. The number of hydrogen-bond acceptors (Lipinski definition) is 5. The molecule has 0 spiro atoms. The number of anilines is 1. The quantitative estimate of drug-likeness (QED) is 0.434. The summed E-state index contributed by atoms with van der Waals surface area (Å²) >= 11 is 6.07. The average molecular weight is 536 g/mol. The van der Waals surface area contributed by atoms with Gasteiger partial charge < -0.3 is 5.32 Å². The largest absolute Gasteiger partial charge is 0.325 e. The normalized spacial score (nSPS) is 12.0. The Morgan fingerprint density at radius 2 is 1.57 bits per heavy atom. The molecule has 0 radical (unpaired) electrons. The van der Waals surface area contributed by atoms with Crippen molar-refractivity contribution in [3.63, 3.8) is 0 Å². The van der Waals surface area contributed by atoms with Crippen molar-refractivity contribution in [2.45, 2.75) is 30.2 Å². The molecule has 0 aliphatic carbocycles. The Labute approximate surface area is 211 Å². The molecule has 1 amide bonds. The van der Waals surface area contributed by atoms with Crippen molar-refractivity contribution in [1.82, 2.24) is 9.03 Å². The molecule has 0 saturated carbocycles. The number of rotatable bonds is 9. The maximum atomic E-state index is 13.4. The number of nitrogens with zero attached hydrogens (tertiary/aromatic N) is 1. The Morgan fingerprint density at radius 1 is 0.914 bits per heavy atom. The molecule has 8 nitrogen and oxygen atoms in total. The van der Waals surface area contributed by atoms with E-state index >= 15 is 0 Å². The molecule has 0 saturated heterocycles. The molecule has 35 heavy (non-hydrogen) atoms. The van der Waals surface area contributed by atoms with Crippen LogP contribution in [-0.4, -0.2) is 40.6 Å². The van der Waals surface area contributed by atoms with Crippen LogP contribution in [0.2, 0.25) is 5.02 Å². The van der Waals surface area contributed by atoms with Crippen LogP contribution in [0.4, 0.5) is 5.69 Å². The molecule has 0 aliphatic heterocycles. The van der Waals surface area contributed by atoms with E-state index in [1.165, 1.54) is 31.3 Å². The summed E-state index contributed by atoms with van der Waals surface area (Å²) < 4.78 is 54.5. The van der Waals surface area contributed by atoms with Gasteiger partial charge in [-0.05, 0) is 68.4 Å². The Kier molecular flexibility index (Phi) is 8.34. The second-order valence-electron chi connectivity index (χ2n) is 7.95. The number of sulfonamides is 2. The molecule has 0 atom stereocenters. The maximum absolute atomic E-state index is 13.4. The highest BCUT2D eigenvalue weighted by Gasteiger charge is 2.27. The van der Waals surface area contributed by atoms with Gasteiger partial charge in [0.15, 0.2) is 0 Å². The van der Waals surface area contributed by atoms with Crippen LogP contribution in [0, 0.1) is 13.8 Å². The SMILES string of the molecule is CNS(=O)(=O)c1ccc(C)c(NC(=O)CN(Cc2cccc(Cl)c2)S(=O)(=O)c2ccc(C)cc2)c1. The van der Waals surface area contributed by atoms with E-state index in [4.69, 9.17) is 11.6 Å². The zero-order valence-corrected chi connectivity index (χ0v) is 21.8. The molecular weight excluding hydrogens is 510 g/mol. The van der Waals surface area contributed by atoms with E-state index < -0.39 is 32.5 Å². The van der Waals surface area contributed by atoms with Gasteiger partial charge in [0.05, 0.1) is 16.3 Å². The molecule has 11 heteroatoms. The Bertz CT molecular complexity index is 1440. The van der Waals surface area contributed by atoms with Crippen molar-refractivity contribution in [3.8, 4) is 0 Å². The lowest BCUT2D eigenvalue weighted by Gasteiger charge is -2.22. The van der Waals surface area contributed by atoms with Crippen molar-refractivity contribution >= 4 is 43.2 Å². The first-order valence-corrected chi connectivity index (χ1v) is 13.9. The highest BCUT2D eigenvalue weighted by molar-refractivity contribution is 7.89. The number of hydrogen-bond donors (Lipinski definition) is 2. The van der Waals surface area contributed by atoms with Crippen molar-refractivity contribution in [3.05, 3.63) is 88.4 Å². The van der Waals surface area contributed by atoms with Crippen LogP contribution >= 0.6 is 11.6 Å². The van der Waals surface area contributed by atoms with Crippen LogP contribution in [0.1, 0.15) is 16.7 Å². The molecule has 0 aromatic heterocycles. The Balaban J connectivity index is 1.92. The number of halogens is 1. The highest BCUT2D eigenvalue weighted by atomic mass is 35.5. The van der Waals surface area contributed by atoms with E-state index in [1.807, 2.05) is 6.92 Å². The minimum Gasteiger partial charge on any atom is -0.325 e. The van der Waals surface area contributed by atoms with Crippen LogP contribution in [0.3, 0.4) is 0 Å². The first-order chi connectivity index (χ1) is 16.4. The number of aryl methyl sites for hydroxylation is 2. The lowest BCUT2D eigenvalue weighted by molar-refractivity contribution is -0.116. The van der Waals surface area contributed by atoms with E-state index in [0.29, 0.717) is 16.1 Å². The summed E-state index contributed by atoms with van der Waals surface area (Å²) in [6.07, 6.45) is 0. The summed E-state index contributed by atoms with van der Waals surface area (Å²) in [7, 11) is -6.47. The van der Waals surface area contributed by atoms with E-state index in [-0.39, 0.29) is 22.0 Å². The second-order valence-corrected chi connectivity index (χ2v) is 12.2. The molecule has 0 heterocycles. The fourth-order valence-electron chi connectivity index (χ4n) is 3.29. The number of carbonyl (C=O) groups excluding carboxylic acids is 1. The molecule has 3 rings (SSSR count). The van der Waals surface area contributed by atoms with Gasteiger partial charge in [0.1, 0.15) is 0 Å². The van der Waals surface area contributed by atoms with Gasteiger partial charge in [-0.25, -0.2) is 21.6 Å². The van der Waals surface area contributed by atoms with E-state index in [9.17, 15) is 21.6 Å². The third-order valence-corrected chi connectivity index (χ3v) is 8.74. The van der Waals surface area contributed by atoms with Gasteiger partial charge in [0, 0.05) is 17.3 Å². The van der Waals surface area contributed by atoms with Crippen molar-refractivity contribution in [2.75, 3.05) is 18.9 Å². The van der Waals surface area contributed by atoms with Gasteiger partial charge in [0.25, 0.3) is 0 Å². The van der Waals surface area contributed by atoms with Gasteiger partial charge in [-0.1, -0.05) is 47.5 Å². The summed E-state index contributed by atoms with van der Waals surface area (Å²) in [5, 5.41) is 3.09. The van der Waals surface area contributed by atoms with Gasteiger partial charge in [-0.15, -0.1) is 0 Å². The Morgan fingerprint density at radius 3 is 2.20 bits per heavy atom. The van der Waals surface area contributed by atoms with Crippen LogP contribution in [0.15, 0.2) is 76.5 Å². The first-order valence-electron chi connectivity index (χ1n) is 10.6. The molecule has 0 aliphatic rings.